The van der Waals surface area contributed by atoms with E-state index in [9.17, 15) is 9.59 Å². The van der Waals surface area contributed by atoms with E-state index >= 15 is 0 Å². The highest BCUT2D eigenvalue weighted by Crippen LogP contribution is 2.41. The Hall–Kier alpha value is -5.12. The van der Waals surface area contributed by atoms with Crippen LogP contribution in [0.3, 0.4) is 0 Å². The molecule has 2 saturated heterocycles. The van der Waals surface area contributed by atoms with E-state index in [-0.39, 0.29) is 25.7 Å². The molecule has 260 valence electrons. The lowest BCUT2D eigenvalue weighted by atomic mass is 10.00. The number of carbonyl (C=O) groups is 2. The van der Waals surface area contributed by atoms with Gasteiger partial charge in [0.2, 0.25) is 6.10 Å². The van der Waals surface area contributed by atoms with Crippen molar-refractivity contribution in [2.45, 2.75) is 62.9 Å². The third-order valence-electron chi connectivity index (χ3n) is 9.35. The van der Waals surface area contributed by atoms with Gasteiger partial charge >= 0.3 is 5.97 Å². The molecule has 2 fully saturated rings. The third-order valence-corrected chi connectivity index (χ3v) is 9.35. The van der Waals surface area contributed by atoms with Crippen LogP contribution in [-0.4, -0.2) is 59.9 Å². The van der Waals surface area contributed by atoms with Gasteiger partial charge in [0.1, 0.15) is 18.3 Å². The van der Waals surface area contributed by atoms with E-state index in [2.05, 4.69) is 0 Å². The molecule has 2 aliphatic heterocycles. The highest BCUT2D eigenvalue weighted by atomic mass is 16.6. The zero-order chi connectivity index (χ0) is 34.8. The van der Waals surface area contributed by atoms with Crippen LogP contribution in [0.1, 0.15) is 32.6 Å². The molecule has 2 aliphatic rings. The Morgan fingerprint density at radius 2 is 0.922 bits per heavy atom. The van der Waals surface area contributed by atoms with Crippen molar-refractivity contribution in [3.05, 3.63) is 179 Å². The summed E-state index contributed by atoms with van der Waals surface area (Å²) < 4.78 is 32.5. The summed E-state index contributed by atoms with van der Waals surface area (Å²) in [5.74, 6) is -0.964. The van der Waals surface area contributed by atoms with Crippen LogP contribution in [0.25, 0.3) is 0 Å². The SMILES string of the molecule is O=C(O[C@@H]1C(=O)N2[C@@H]([C@@H](OCc3ccccc3)[C@H](OCc3ccccc3)[C@H]2COCc2ccccc2)[C@@H]1OCc1ccccc1)c1ccccc1. The first-order valence-electron chi connectivity index (χ1n) is 17.3. The molecule has 0 aliphatic carbocycles. The minimum atomic E-state index is -1.21. The topological polar surface area (TPSA) is 83.5 Å². The summed E-state index contributed by atoms with van der Waals surface area (Å²) >= 11 is 0. The standard InChI is InChI=1S/C43H41NO7/c45-42-41(51-43(46)35-24-14-5-15-25-35)40(50-29-34-22-12-4-13-23-34)37-39(49-28-33-20-10-3-11-21-33)38(48-27-32-18-8-2-9-19-32)36(44(37)42)30-47-26-31-16-6-1-7-17-31/h1-25,36-41H,26-30H2/t36-,37+,38-,39-,40+,41+/m1/s1. The molecule has 5 aromatic rings. The molecule has 51 heavy (non-hydrogen) atoms. The van der Waals surface area contributed by atoms with Crippen molar-refractivity contribution in [3.8, 4) is 0 Å². The third kappa shape index (κ3) is 8.27. The molecular weight excluding hydrogens is 642 g/mol. The van der Waals surface area contributed by atoms with Crippen molar-refractivity contribution in [3.63, 3.8) is 0 Å². The minimum Gasteiger partial charge on any atom is -0.446 e. The van der Waals surface area contributed by atoms with Crippen LogP contribution >= 0.6 is 0 Å². The molecule has 0 unspecified atom stereocenters. The van der Waals surface area contributed by atoms with Crippen molar-refractivity contribution >= 4 is 11.9 Å². The van der Waals surface area contributed by atoms with E-state index in [4.69, 9.17) is 23.7 Å². The Labute approximate surface area is 298 Å². The maximum atomic E-state index is 14.7. The van der Waals surface area contributed by atoms with Crippen LogP contribution in [0, 0.1) is 0 Å². The number of ether oxygens (including phenoxy) is 5. The summed E-state index contributed by atoms with van der Waals surface area (Å²) in [6.45, 7) is 1.33. The van der Waals surface area contributed by atoms with Crippen LogP contribution in [0.5, 0.6) is 0 Å². The summed E-state index contributed by atoms with van der Waals surface area (Å²) in [5.41, 5.74) is 4.26. The lowest BCUT2D eigenvalue weighted by Crippen LogP contribution is -2.48. The van der Waals surface area contributed by atoms with Gasteiger partial charge in [-0.25, -0.2) is 4.79 Å². The van der Waals surface area contributed by atoms with Gasteiger partial charge in [-0.2, -0.15) is 0 Å². The van der Waals surface area contributed by atoms with Crippen molar-refractivity contribution in [2.75, 3.05) is 6.61 Å². The maximum absolute atomic E-state index is 14.7. The fraction of sp³-hybridized carbons (Fsp3) is 0.256. The van der Waals surface area contributed by atoms with E-state index < -0.39 is 42.5 Å². The summed E-state index contributed by atoms with van der Waals surface area (Å²) in [5, 5.41) is 0. The number of hydrogen-bond donors (Lipinski definition) is 0. The number of benzene rings is 5. The van der Waals surface area contributed by atoms with Gasteiger partial charge in [0.15, 0.2) is 0 Å². The summed E-state index contributed by atoms with van der Waals surface area (Å²) in [4.78, 5) is 29.9. The quantitative estimate of drug-likeness (QED) is 0.113. The monoisotopic (exact) mass is 683 g/mol. The second-order valence-electron chi connectivity index (χ2n) is 12.8. The predicted molar refractivity (Wildman–Crippen MR) is 191 cm³/mol. The molecule has 0 spiro atoms. The Balaban J connectivity index is 1.24. The van der Waals surface area contributed by atoms with Crippen LogP contribution in [0.15, 0.2) is 152 Å². The average molecular weight is 684 g/mol. The van der Waals surface area contributed by atoms with Gasteiger partial charge in [-0.15, -0.1) is 0 Å². The Morgan fingerprint density at radius 1 is 0.510 bits per heavy atom. The van der Waals surface area contributed by atoms with E-state index in [1.54, 1.807) is 29.2 Å². The van der Waals surface area contributed by atoms with E-state index in [0.717, 1.165) is 22.3 Å². The molecule has 0 aromatic heterocycles. The van der Waals surface area contributed by atoms with E-state index in [1.807, 2.05) is 127 Å². The van der Waals surface area contributed by atoms with Crippen LogP contribution in [0.4, 0.5) is 0 Å². The number of fused-ring (bicyclic) bond motifs is 1. The number of nitrogens with zero attached hydrogens (tertiary/aromatic N) is 1. The zero-order valence-electron chi connectivity index (χ0n) is 28.2. The summed E-state index contributed by atoms with van der Waals surface area (Å²) in [6.07, 6.45) is -3.27. The van der Waals surface area contributed by atoms with Gasteiger partial charge < -0.3 is 28.6 Å². The zero-order valence-corrected chi connectivity index (χ0v) is 28.2. The van der Waals surface area contributed by atoms with Crippen LogP contribution < -0.4 is 0 Å². The summed E-state index contributed by atoms with van der Waals surface area (Å²) in [7, 11) is 0. The highest BCUT2D eigenvalue weighted by Gasteiger charge is 2.64. The molecule has 1 amide bonds. The first-order chi connectivity index (χ1) is 25.2. The number of hydrogen-bond acceptors (Lipinski definition) is 7. The average Bonchev–Trinajstić information content (AvgIpc) is 3.63. The molecule has 7 rings (SSSR count). The first-order valence-corrected chi connectivity index (χ1v) is 17.3. The van der Waals surface area contributed by atoms with Gasteiger partial charge in [0, 0.05) is 0 Å². The largest absolute Gasteiger partial charge is 0.446 e. The van der Waals surface area contributed by atoms with Crippen molar-refractivity contribution < 1.29 is 33.3 Å². The molecule has 0 saturated carbocycles. The maximum Gasteiger partial charge on any atom is 0.339 e. The van der Waals surface area contributed by atoms with Crippen molar-refractivity contribution in [1.82, 2.24) is 4.90 Å². The van der Waals surface area contributed by atoms with Gasteiger partial charge in [0.25, 0.3) is 5.91 Å². The lowest BCUT2D eigenvalue weighted by Gasteiger charge is -2.30. The number of esters is 1. The van der Waals surface area contributed by atoms with Gasteiger partial charge in [0.05, 0.1) is 50.7 Å². The highest BCUT2D eigenvalue weighted by molar-refractivity contribution is 5.94. The Bertz CT molecular complexity index is 1830. The lowest BCUT2D eigenvalue weighted by molar-refractivity contribution is -0.144. The molecule has 2 heterocycles. The second-order valence-corrected chi connectivity index (χ2v) is 12.8. The molecule has 0 N–H and O–H groups in total. The molecule has 0 radical (unpaired) electrons. The van der Waals surface area contributed by atoms with Gasteiger partial charge in [-0.05, 0) is 34.4 Å². The Kier molecular flexibility index (Phi) is 11.3. The normalized spacial score (nSPS) is 22.5. The fourth-order valence-electron chi connectivity index (χ4n) is 6.88. The van der Waals surface area contributed by atoms with Crippen molar-refractivity contribution in [1.29, 1.82) is 0 Å². The molecular formula is C43H41NO7. The van der Waals surface area contributed by atoms with Gasteiger partial charge in [-0.3, -0.25) is 4.79 Å². The number of carbonyl (C=O) groups excluding carboxylic acids is 2. The number of rotatable bonds is 15. The molecule has 8 nitrogen and oxygen atoms in total. The minimum absolute atomic E-state index is 0.173. The van der Waals surface area contributed by atoms with Crippen LogP contribution in [0.2, 0.25) is 0 Å². The smallest absolute Gasteiger partial charge is 0.339 e. The second kappa shape index (κ2) is 16.7. The first kappa shape index (κ1) is 34.3. The predicted octanol–water partition coefficient (Wildman–Crippen LogP) is 6.78. The Morgan fingerprint density at radius 3 is 1.41 bits per heavy atom. The molecule has 8 heteroatoms. The van der Waals surface area contributed by atoms with Crippen LogP contribution in [-0.2, 0) is 54.9 Å². The molecule has 6 atom stereocenters. The van der Waals surface area contributed by atoms with Gasteiger partial charge in [-0.1, -0.05) is 140 Å². The van der Waals surface area contributed by atoms with Crippen molar-refractivity contribution in [2.24, 2.45) is 0 Å². The fourth-order valence-corrected chi connectivity index (χ4v) is 6.88. The van der Waals surface area contributed by atoms with E-state index in [1.165, 1.54) is 0 Å². The number of amides is 1. The molecule has 0 bridgehead atoms. The molecule has 5 aromatic carbocycles. The summed E-state index contributed by atoms with van der Waals surface area (Å²) in [6, 6.07) is 46.9. The van der Waals surface area contributed by atoms with E-state index in [0.29, 0.717) is 18.8 Å².